The van der Waals surface area contributed by atoms with Crippen LogP contribution in [0.25, 0.3) is 0 Å². The molecule has 0 aromatic carbocycles. The lowest BCUT2D eigenvalue weighted by Crippen LogP contribution is -2.28. The van der Waals surface area contributed by atoms with E-state index in [9.17, 15) is 14.7 Å². The lowest BCUT2D eigenvalue weighted by atomic mass is 10.0. The van der Waals surface area contributed by atoms with E-state index in [4.69, 9.17) is 9.47 Å². The molecule has 0 heterocycles. The number of esters is 2. The highest BCUT2D eigenvalue weighted by Gasteiger charge is 2.16. The molecule has 1 atom stereocenters. The number of unbranched alkanes of at least 4 members (excludes halogenated alkanes) is 25. The summed E-state index contributed by atoms with van der Waals surface area (Å²) in [6.45, 7) is 4.14. The standard InChI is InChI=1S/C36H70O5/c1-3-5-7-9-11-13-15-16-17-18-19-21-23-25-27-29-31-36(39)41-34(32-37)33-40-35(38)30-28-26-24-22-20-14-12-10-8-6-4-2/h34,37H,3-33H2,1-2H3/t34-/m0/s1. The average Bonchev–Trinajstić information content (AvgIpc) is 2.97. The van der Waals surface area contributed by atoms with Crippen molar-refractivity contribution in [1.82, 2.24) is 0 Å². The summed E-state index contributed by atoms with van der Waals surface area (Å²) >= 11 is 0. The van der Waals surface area contributed by atoms with Crippen LogP contribution in [0.1, 0.15) is 200 Å². The highest BCUT2D eigenvalue weighted by atomic mass is 16.6. The van der Waals surface area contributed by atoms with Gasteiger partial charge in [0.25, 0.3) is 0 Å². The molecule has 0 radical (unpaired) electrons. The van der Waals surface area contributed by atoms with Gasteiger partial charge in [-0.05, 0) is 12.8 Å². The Morgan fingerprint density at radius 1 is 0.463 bits per heavy atom. The third-order valence-electron chi connectivity index (χ3n) is 8.15. The van der Waals surface area contributed by atoms with Gasteiger partial charge in [0.1, 0.15) is 6.61 Å². The molecule has 0 bridgehead atoms. The van der Waals surface area contributed by atoms with Gasteiger partial charge in [0, 0.05) is 12.8 Å². The third-order valence-corrected chi connectivity index (χ3v) is 8.15. The van der Waals surface area contributed by atoms with E-state index in [0.29, 0.717) is 12.8 Å². The predicted octanol–water partition coefficient (Wildman–Crippen LogP) is 10.8. The van der Waals surface area contributed by atoms with Crippen molar-refractivity contribution in [3.63, 3.8) is 0 Å². The molecule has 0 aliphatic rings. The first kappa shape index (κ1) is 39.9. The summed E-state index contributed by atoms with van der Waals surface area (Å²) in [6, 6.07) is 0. The average molecular weight is 583 g/mol. The maximum absolute atomic E-state index is 12.1. The number of aliphatic hydroxyl groups is 1. The van der Waals surface area contributed by atoms with Crippen LogP contribution < -0.4 is 0 Å². The Hall–Kier alpha value is -1.10. The van der Waals surface area contributed by atoms with Gasteiger partial charge in [-0.25, -0.2) is 0 Å². The lowest BCUT2D eigenvalue weighted by Gasteiger charge is -2.15. The highest BCUT2D eigenvalue weighted by Crippen LogP contribution is 2.15. The summed E-state index contributed by atoms with van der Waals surface area (Å²) in [6.07, 6.45) is 34.4. The minimum absolute atomic E-state index is 0.0575. The van der Waals surface area contributed by atoms with Crippen molar-refractivity contribution in [2.24, 2.45) is 0 Å². The van der Waals surface area contributed by atoms with Gasteiger partial charge in [0.15, 0.2) is 6.10 Å². The summed E-state index contributed by atoms with van der Waals surface area (Å²) in [5.74, 6) is -0.580. The molecular weight excluding hydrogens is 512 g/mol. The van der Waals surface area contributed by atoms with E-state index in [0.717, 1.165) is 32.1 Å². The molecule has 5 heteroatoms. The van der Waals surface area contributed by atoms with Crippen LogP contribution in [-0.4, -0.2) is 36.4 Å². The Bertz CT molecular complexity index is 550. The second-order valence-corrected chi connectivity index (χ2v) is 12.3. The first-order valence-electron chi connectivity index (χ1n) is 18.1. The van der Waals surface area contributed by atoms with E-state index in [-0.39, 0.29) is 25.2 Å². The summed E-state index contributed by atoms with van der Waals surface area (Å²) in [5, 5.41) is 9.51. The van der Waals surface area contributed by atoms with E-state index in [1.165, 1.54) is 141 Å². The first-order valence-corrected chi connectivity index (χ1v) is 18.1. The van der Waals surface area contributed by atoms with Crippen LogP contribution in [0.2, 0.25) is 0 Å². The Kier molecular flexibility index (Phi) is 32.5. The molecule has 0 fully saturated rings. The molecule has 0 aliphatic heterocycles. The zero-order valence-electron chi connectivity index (χ0n) is 27.6. The topological polar surface area (TPSA) is 72.8 Å². The van der Waals surface area contributed by atoms with Gasteiger partial charge in [-0.15, -0.1) is 0 Å². The molecule has 1 N–H and O–H groups in total. The van der Waals surface area contributed by atoms with Crippen LogP contribution >= 0.6 is 0 Å². The normalized spacial score (nSPS) is 12.0. The minimum atomic E-state index is -0.759. The monoisotopic (exact) mass is 583 g/mol. The molecule has 0 rings (SSSR count). The number of carbonyl (C=O) groups is 2. The zero-order valence-corrected chi connectivity index (χ0v) is 27.6. The van der Waals surface area contributed by atoms with Crippen molar-refractivity contribution in [3.05, 3.63) is 0 Å². The van der Waals surface area contributed by atoms with Crippen LogP contribution in [0.3, 0.4) is 0 Å². The maximum Gasteiger partial charge on any atom is 0.306 e. The number of aliphatic hydroxyl groups excluding tert-OH is 1. The van der Waals surface area contributed by atoms with Crippen LogP contribution in [0.15, 0.2) is 0 Å². The van der Waals surface area contributed by atoms with Gasteiger partial charge < -0.3 is 14.6 Å². The number of hydrogen-bond donors (Lipinski definition) is 1. The van der Waals surface area contributed by atoms with Gasteiger partial charge in [0.05, 0.1) is 6.61 Å². The van der Waals surface area contributed by atoms with Crippen LogP contribution in [0, 0.1) is 0 Å². The highest BCUT2D eigenvalue weighted by molar-refractivity contribution is 5.70. The summed E-state index contributed by atoms with van der Waals surface area (Å²) in [5.41, 5.74) is 0. The molecular formula is C36H70O5. The fourth-order valence-corrected chi connectivity index (χ4v) is 5.38. The molecule has 0 amide bonds. The molecule has 41 heavy (non-hydrogen) atoms. The molecule has 0 saturated carbocycles. The molecule has 0 aliphatic carbocycles. The van der Waals surface area contributed by atoms with Gasteiger partial charge in [-0.3, -0.25) is 9.59 Å². The van der Waals surface area contributed by atoms with E-state index in [1.54, 1.807) is 0 Å². The van der Waals surface area contributed by atoms with Crippen molar-refractivity contribution in [1.29, 1.82) is 0 Å². The van der Waals surface area contributed by atoms with Gasteiger partial charge in [0.2, 0.25) is 0 Å². The van der Waals surface area contributed by atoms with Crippen molar-refractivity contribution in [3.8, 4) is 0 Å². The van der Waals surface area contributed by atoms with Crippen molar-refractivity contribution in [2.75, 3.05) is 13.2 Å². The van der Waals surface area contributed by atoms with Crippen molar-refractivity contribution in [2.45, 2.75) is 206 Å². The van der Waals surface area contributed by atoms with Gasteiger partial charge in [-0.2, -0.15) is 0 Å². The molecule has 0 saturated heterocycles. The van der Waals surface area contributed by atoms with E-state index < -0.39 is 6.10 Å². The smallest absolute Gasteiger partial charge is 0.306 e. The third kappa shape index (κ3) is 31.7. The maximum atomic E-state index is 12.1. The van der Waals surface area contributed by atoms with Crippen LogP contribution in [-0.2, 0) is 19.1 Å². The summed E-state index contributed by atoms with van der Waals surface area (Å²) in [7, 11) is 0. The molecule has 0 aromatic heterocycles. The number of rotatable bonds is 33. The van der Waals surface area contributed by atoms with Gasteiger partial charge >= 0.3 is 11.9 Å². The predicted molar refractivity (Wildman–Crippen MR) is 173 cm³/mol. The van der Waals surface area contributed by atoms with Gasteiger partial charge in [-0.1, -0.05) is 174 Å². The van der Waals surface area contributed by atoms with Crippen molar-refractivity contribution < 1.29 is 24.2 Å². The first-order chi connectivity index (χ1) is 20.1. The lowest BCUT2D eigenvalue weighted by molar-refractivity contribution is -0.161. The Morgan fingerprint density at radius 3 is 1.07 bits per heavy atom. The number of ether oxygens (including phenoxy) is 2. The minimum Gasteiger partial charge on any atom is -0.462 e. The number of carbonyl (C=O) groups excluding carboxylic acids is 2. The quantitative estimate of drug-likeness (QED) is 0.0615. The molecule has 5 nitrogen and oxygen atoms in total. The Labute approximate surface area is 255 Å². The Balaban J connectivity index is 3.51. The molecule has 244 valence electrons. The van der Waals surface area contributed by atoms with Crippen LogP contribution in [0.5, 0.6) is 0 Å². The van der Waals surface area contributed by atoms with E-state index in [2.05, 4.69) is 13.8 Å². The molecule has 0 unspecified atom stereocenters. The summed E-state index contributed by atoms with van der Waals surface area (Å²) in [4.78, 5) is 24.1. The second kappa shape index (κ2) is 33.4. The SMILES string of the molecule is CCCCCCCCCCCCCCCCCCC(=O)O[C@@H](CO)COC(=O)CCCCCCCCCCCCC. The van der Waals surface area contributed by atoms with E-state index >= 15 is 0 Å². The summed E-state index contributed by atoms with van der Waals surface area (Å²) < 4.78 is 10.6. The fraction of sp³-hybridized carbons (Fsp3) is 0.944. The largest absolute Gasteiger partial charge is 0.462 e. The molecule has 0 aromatic rings. The van der Waals surface area contributed by atoms with E-state index in [1.807, 2.05) is 0 Å². The Morgan fingerprint density at radius 2 is 0.756 bits per heavy atom. The number of hydrogen-bond acceptors (Lipinski definition) is 5. The fourth-order valence-electron chi connectivity index (χ4n) is 5.38. The molecule has 0 spiro atoms. The van der Waals surface area contributed by atoms with Crippen molar-refractivity contribution >= 4 is 11.9 Å². The zero-order chi connectivity index (χ0) is 30.1. The second-order valence-electron chi connectivity index (χ2n) is 12.3. The van der Waals surface area contributed by atoms with Crippen LogP contribution in [0.4, 0.5) is 0 Å².